The molecule has 0 saturated carbocycles. The maximum absolute atomic E-state index is 5.89. The van der Waals surface area contributed by atoms with Crippen LogP contribution in [0.1, 0.15) is 18.6 Å². The molecule has 0 unspecified atom stereocenters. The van der Waals surface area contributed by atoms with Crippen LogP contribution in [0, 0.1) is 6.92 Å². The third kappa shape index (κ3) is 7.63. The number of halogens is 2. The van der Waals surface area contributed by atoms with E-state index in [2.05, 4.69) is 37.2 Å². The van der Waals surface area contributed by atoms with E-state index in [4.69, 9.17) is 20.9 Å². The molecule has 0 aliphatic carbocycles. The number of hydrogen-bond acceptors (Lipinski definition) is 6. The number of piperazine rings is 1. The highest BCUT2D eigenvalue weighted by Crippen LogP contribution is 2.15. The summed E-state index contributed by atoms with van der Waals surface area (Å²) in [5.74, 6) is 2.90. The van der Waals surface area contributed by atoms with Gasteiger partial charge in [-0.1, -0.05) is 16.8 Å². The smallest absolute Gasteiger partial charge is 0.223 e. The number of hydrogen-bond donors (Lipinski definition) is 1. The second-order valence-electron chi connectivity index (χ2n) is 6.53. The van der Waals surface area contributed by atoms with Gasteiger partial charge in [-0.3, -0.25) is 4.90 Å². The van der Waals surface area contributed by atoms with Crippen LogP contribution in [0.3, 0.4) is 0 Å². The van der Waals surface area contributed by atoms with Gasteiger partial charge in [0.2, 0.25) is 5.89 Å². The van der Waals surface area contributed by atoms with Crippen LogP contribution in [0.4, 0.5) is 0 Å². The van der Waals surface area contributed by atoms with Gasteiger partial charge in [0.15, 0.2) is 11.8 Å². The van der Waals surface area contributed by atoms with Gasteiger partial charge in [-0.25, -0.2) is 4.99 Å². The van der Waals surface area contributed by atoms with Crippen molar-refractivity contribution in [2.75, 3.05) is 45.9 Å². The van der Waals surface area contributed by atoms with Crippen LogP contribution < -0.4 is 10.1 Å². The first-order valence-electron chi connectivity index (χ1n) is 9.57. The number of nitrogens with one attached hydrogen (secondary N) is 1. The molecule has 8 nitrogen and oxygen atoms in total. The second kappa shape index (κ2) is 12.2. The number of aryl methyl sites for hydroxylation is 1. The van der Waals surface area contributed by atoms with Crippen molar-refractivity contribution in [2.24, 2.45) is 4.99 Å². The summed E-state index contributed by atoms with van der Waals surface area (Å²) in [6.07, 6.45) is 0. The zero-order chi connectivity index (χ0) is 19.8. The number of nitrogens with zero attached hydrogens (tertiary/aromatic N) is 5. The summed E-state index contributed by atoms with van der Waals surface area (Å²) in [5, 5.41) is 7.97. The third-order valence-electron chi connectivity index (χ3n) is 4.44. The molecule has 0 amide bonds. The van der Waals surface area contributed by atoms with E-state index in [0.29, 0.717) is 24.9 Å². The molecule has 0 atom stereocenters. The summed E-state index contributed by atoms with van der Waals surface area (Å²) in [5.41, 5.74) is 0. The average molecular weight is 535 g/mol. The highest BCUT2D eigenvalue weighted by Gasteiger charge is 2.19. The lowest BCUT2D eigenvalue weighted by Crippen LogP contribution is -2.53. The molecule has 2 aromatic rings. The zero-order valence-electron chi connectivity index (χ0n) is 16.8. The van der Waals surface area contributed by atoms with Crippen molar-refractivity contribution in [3.8, 4) is 5.75 Å². The Hall–Kier alpha value is -1.59. The molecule has 29 heavy (non-hydrogen) atoms. The van der Waals surface area contributed by atoms with E-state index in [1.165, 1.54) is 0 Å². The van der Waals surface area contributed by atoms with Gasteiger partial charge >= 0.3 is 0 Å². The molecule has 3 rings (SSSR count). The molecular weight excluding hydrogens is 507 g/mol. The Morgan fingerprint density at radius 3 is 2.59 bits per heavy atom. The monoisotopic (exact) mass is 534 g/mol. The van der Waals surface area contributed by atoms with Crippen molar-refractivity contribution in [1.29, 1.82) is 0 Å². The van der Waals surface area contributed by atoms with Crippen molar-refractivity contribution >= 4 is 41.5 Å². The minimum Gasteiger partial charge on any atom is -0.492 e. The van der Waals surface area contributed by atoms with Crippen LogP contribution >= 0.6 is 35.6 Å². The number of benzene rings is 1. The Bertz CT molecular complexity index is 762. The van der Waals surface area contributed by atoms with Crippen LogP contribution in [0.5, 0.6) is 5.75 Å². The van der Waals surface area contributed by atoms with Gasteiger partial charge in [-0.15, -0.1) is 24.0 Å². The predicted molar refractivity (Wildman–Crippen MR) is 124 cm³/mol. The summed E-state index contributed by atoms with van der Waals surface area (Å²) >= 11 is 5.89. The molecule has 2 heterocycles. The maximum Gasteiger partial charge on any atom is 0.223 e. The molecule has 1 aliphatic rings. The molecule has 0 spiro atoms. The molecule has 1 saturated heterocycles. The molecule has 0 bridgehead atoms. The fourth-order valence-corrected chi connectivity index (χ4v) is 3.11. The van der Waals surface area contributed by atoms with Gasteiger partial charge in [-0.2, -0.15) is 4.98 Å². The van der Waals surface area contributed by atoms with Crippen LogP contribution in [-0.4, -0.2) is 71.8 Å². The Morgan fingerprint density at radius 1 is 1.24 bits per heavy atom. The molecule has 1 aromatic carbocycles. The largest absolute Gasteiger partial charge is 0.492 e. The zero-order valence-corrected chi connectivity index (χ0v) is 19.9. The van der Waals surface area contributed by atoms with Gasteiger partial charge in [0.05, 0.1) is 0 Å². The van der Waals surface area contributed by atoms with E-state index in [9.17, 15) is 0 Å². The van der Waals surface area contributed by atoms with Gasteiger partial charge in [0, 0.05) is 51.2 Å². The minimum absolute atomic E-state index is 0. The van der Waals surface area contributed by atoms with E-state index in [1.807, 2.05) is 24.3 Å². The number of guanidine groups is 1. The Kier molecular flexibility index (Phi) is 9.95. The van der Waals surface area contributed by atoms with E-state index in [0.717, 1.165) is 56.0 Å². The van der Waals surface area contributed by atoms with Crippen molar-refractivity contribution < 1.29 is 9.26 Å². The Morgan fingerprint density at radius 2 is 1.97 bits per heavy atom. The Labute approximate surface area is 193 Å². The molecule has 10 heteroatoms. The fourth-order valence-electron chi connectivity index (χ4n) is 2.98. The van der Waals surface area contributed by atoms with Crippen LogP contribution in [-0.2, 0) is 6.54 Å². The number of ether oxygens (including phenoxy) is 1. The molecule has 1 fully saturated rings. The summed E-state index contributed by atoms with van der Waals surface area (Å²) < 4.78 is 10.8. The topological polar surface area (TPSA) is 79.0 Å². The van der Waals surface area contributed by atoms with Crippen molar-refractivity contribution in [3.63, 3.8) is 0 Å². The average Bonchev–Trinajstić information content (AvgIpc) is 3.12. The SMILES string of the molecule is CCNC(=NCc1noc(C)n1)N1CCN(CCOc2ccc(Cl)cc2)CC1.I. The number of aliphatic imine (C=N–C) groups is 1. The highest BCUT2D eigenvalue weighted by atomic mass is 127. The number of aromatic nitrogens is 2. The van der Waals surface area contributed by atoms with Gasteiger partial charge in [-0.05, 0) is 31.2 Å². The third-order valence-corrected chi connectivity index (χ3v) is 4.69. The maximum atomic E-state index is 5.89. The first kappa shape index (κ1) is 23.7. The van der Waals surface area contributed by atoms with Crippen LogP contribution in [0.25, 0.3) is 0 Å². The summed E-state index contributed by atoms with van der Waals surface area (Å²) in [6, 6.07) is 7.47. The number of rotatable bonds is 7. The minimum atomic E-state index is 0. The highest BCUT2D eigenvalue weighted by molar-refractivity contribution is 14.0. The lowest BCUT2D eigenvalue weighted by atomic mass is 10.3. The molecule has 0 radical (unpaired) electrons. The normalized spacial score (nSPS) is 15.1. The van der Waals surface area contributed by atoms with E-state index in [-0.39, 0.29) is 24.0 Å². The molecule has 160 valence electrons. The van der Waals surface area contributed by atoms with Crippen LogP contribution in [0.2, 0.25) is 5.02 Å². The van der Waals surface area contributed by atoms with E-state index < -0.39 is 0 Å². The first-order valence-corrected chi connectivity index (χ1v) is 9.95. The summed E-state index contributed by atoms with van der Waals surface area (Å²) in [7, 11) is 0. The second-order valence-corrected chi connectivity index (χ2v) is 6.97. The molecular formula is C19H28ClIN6O2. The molecule has 1 aromatic heterocycles. The van der Waals surface area contributed by atoms with Crippen molar-refractivity contribution in [3.05, 3.63) is 41.0 Å². The van der Waals surface area contributed by atoms with Gasteiger partial charge < -0.3 is 19.5 Å². The summed E-state index contributed by atoms with van der Waals surface area (Å²) in [6.45, 7) is 10.4. The first-order chi connectivity index (χ1) is 13.6. The standard InChI is InChI=1S/C19H27ClN6O2.HI/c1-3-21-19(22-14-18-23-15(2)28-24-18)26-10-8-25(9-11-26)12-13-27-17-6-4-16(20)5-7-17;/h4-7H,3,8-14H2,1-2H3,(H,21,22);1H. The van der Waals surface area contributed by atoms with Crippen molar-refractivity contribution in [2.45, 2.75) is 20.4 Å². The van der Waals surface area contributed by atoms with Crippen molar-refractivity contribution in [1.82, 2.24) is 25.3 Å². The fraction of sp³-hybridized carbons (Fsp3) is 0.526. The predicted octanol–water partition coefficient (Wildman–Crippen LogP) is 2.81. The molecule has 1 aliphatic heterocycles. The van der Waals surface area contributed by atoms with Gasteiger partial charge in [0.1, 0.15) is 18.9 Å². The quantitative estimate of drug-likeness (QED) is 0.332. The van der Waals surface area contributed by atoms with Crippen LogP contribution in [0.15, 0.2) is 33.8 Å². The summed E-state index contributed by atoms with van der Waals surface area (Å²) in [4.78, 5) is 13.5. The lowest BCUT2D eigenvalue weighted by molar-refractivity contribution is 0.152. The molecule has 1 N–H and O–H groups in total. The Balaban J connectivity index is 0.00000300. The van der Waals surface area contributed by atoms with Gasteiger partial charge in [0.25, 0.3) is 0 Å². The van der Waals surface area contributed by atoms with E-state index in [1.54, 1.807) is 6.92 Å². The van der Waals surface area contributed by atoms with E-state index >= 15 is 0 Å². The lowest BCUT2D eigenvalue weighted by Gasteiger charge is -2.36.